The topological polar surface area (TPSA) is 92.2 Å². The molecule has 3 aromatic heterocycles. The lowest BCUT2D eigenvalue weighted by molar-refractivity contribution is -0.146. The molecule has 3 aliphatic rings. The lowest BCUT2D eigenvalue weighted by Crippen LogP contribution is -2.60. The number of rotatable bonds is 5. The van der Waals surface area contributed by atoms with E-state index in [2.05, 4.69) is 38.4 Å². The van der Waals surface area contributed by atoms with Gasteiger partial charge in [0.2, 0.25) is 5.91 Å². The molecule has 2 fully saturated rings. The number of benzene rings is 1. The second-order valence-electron chi connectivity index (χ2n) is 10.2. The predicted octanol–water partition coefficient (Wildman–Crippen LogP) is 3.07. The molecule has 1 unspecified atom stereocenters. The molecule has 5 heterocycles. The van der Waals surface area contributed by atoms with Gasteiger partial charge in [0.05, 0.1) is 30.9 Å². The van der Waals surface area contributed by atoms with Gasteiger partial charge in [-0.2, -0.15) is 10.2 Å². The van der Waals surface area contributed by atoms with Gasteiger partial charge in [-0.15, -0.1) is 0 Å². The minimum atomic E-state index is 0.0534. The number of hydrogen-bond acceptors (Lipinski definition) is 6. The van der Waals surface area contributed by atoms with Gasteiger partial charge in [0.25, 0.3) is 0 Å². The zero-order chi connectivity index (χ0) is 24.4. The number of nitrogens with one attached hydrogen (secondary N) is 1. The summed E-state index contributed by atoms with van der Waals surface area (Å²) in [5.74, 6) is 0.980. The summed E-state index contributed by atoms with van der Waals surface area (Å²) in [6.45, 7) is 2.40. The molecule has 1 N–H and O–H groups in total. The maximum Gasteiger partial charge on any atom is 0.240 e. The summed E-state index contributed by atoms with van der Waals surface area (Å²) >= 11 is 0. The Hall–Kier alpha value is -3.72. The van der Waals surface area contributed by atoms with Crippen LogP contribution in [0.3, 0.4) is 0 Å². The molecule has 9 nitrogen and oxygen atoms in total. The van der Waals surface area contributed by atoms with Crippen molar-refractivity contribution in [3.63, 3.8) is 0 Å². The number of carbonyl (C=O) groups is 1. The second kappa shape index (κ2) is 8.16. The van der Waals surface area contributed by atoms with Gasteiger partial charge in [0, 0.05) is 43.0 Å². The fraction of sp³-hybridized carbons (Fsp3) is 0.407. The number of aromatic amines is 1. The first kappa shape index (κ1) is 21.6. The Morgan fingerprint density at radius 2 is 2.08 bits per heavy atom. The molecule has 0 bridgehead atoms. The average Bonchev–Trinajstić information content (AvgIpc) is 3.60. The monoisotopic (exact) mass is 483 g/mol. The Balaban J connectivity index is 1.18. The van der Waals surface area contributed by atoms with Crippen molar-refractivity contribution >= 4 is 16.9 Å². The number of pyridine rings is 1. The van der Waals surface area contributed by atoms with E-state index in [4.69, 9.17) is 9.72 Å². The number of methoxy groups -OCH3 is 1. The van der Waals surface area contributed by atoms with Crippen LogP contribution in [-0.4, -0.2) is 80.5 Å². The van der Waals surface area contributed by atoms with E-state index in [9.17, 15) is 4.79 Å². The standard InChI is InChI=1S/C27H29N7O2/c1-32-10-9-22(32)27(35)33-14-18(15-33)34-13-17(12-28-34)24-26-21(30-31-24)11-23(36-2)25(29-26)20-8-4-6-16-5-3-7-19(16)20/h4,6,8,11-13,18,22H,3,5,7,9-10,14-15H2,1-2H3,(H,30,31). The normalized spacial score (nSPS) is 19.8. The third-order valence-electron chi connectivity index (χ3n) is 8.12. The number of aryl methyl sites for hydroxylation is 1. The highest BCUT2D eigenvalue weighted by Gasteiger charge is 2.40. The van der Waals surface area contributed by atoms with Crippen LogP contribution < -0.4 is 4.74 Å². The van der Waals surface area contributed by atoms with Crippen molar-refractivity contribution in [2.24, 2.45) is 0 Å². The van der Waals surface area contributed by atoms with Gasteiger partial charge in [0.15, 0.2) is 0 Å². The summed E-state index contributed by atoms with van der Waals surface area (Å²) in [4.78, 5) is 21.8. The quantitative estimate of drug-likeness (QED) is 0.469. The lowest BCUT2D eigenvalue weighted by Gasteiger charge is -2.45. The molecule has 0 spiro atoms. The van der Waals surface area contributed by atoms with Gasteiger partial charge in [-0.1, -0.05) is 18.2 Å². The van der Waals surface area contributed by atoms with E-state index in [0.717, 1.165) is 65.1 Å². The van der Waals surface area contributed by atoms with E-state index in [1.165, 1.54) is 17.5 Å². The smallest absolute Gasteiger partial charge is 0.240 e. The highest BCUT2D eigenvalue weighted by atomic mass is 16.5. The first-order valence-electron chi connectivity index (χ1n) is 12.7. The van der Waals surface area contributed by atoms with Crippen LogP contribution in [0.2, 0.25) is 0 Å². The van der Waals surface area contributed by atoms with Crippen LogP contribution in [0.4, 0.5) is 0 Å². The lowest BCUT2D eigenvalue weighted by atomic mass is 9.99. The summed E-state index contributed by atoms with van der Waals surface area (Å²) in [5.41, 5.74) is 8.09. The van der Waals surface area contributed by atoms with Crippen molar-refractivity contribution in [1.82, 2.24) is 34.8 Å². The molecular weight excluding hydrogens is 454 g/mol. The molecule has 1 amide bonds. The van der Waals surface area contributed by atoms with E-state index in [-0.39, 0.29) is 18.0 Å². The summed E-state index contributed by atoms with van der Waals surface area (Å²) in [6.07, 6.45) is 8.17. The van der Waals surface area contributed by atoms with Crippen LogP contribution in [0.25, 0.3) is 33.5 Å². The number of carbonyl (C=O) groups excluding carboxylic acids is 1. The predicted molar refractivity (Wildman–Crippen MR) is 136 cm³/mol. The van der Waals surface area contributed by atoms with Crippen LogP contribution in [0, 0.1) is 0 Å². The zero-order valence-electron chi connectivity index (χ0n) is 20.6. The maximum absolute atomic E-state index is 12.6. The number of fused-ring (bicyclic) bond motifs is 2. The Kier molecular flexibility index (Phi) is 4.89. The average molecular weight is 484 g/mol. The van der Waals surface area contributed by atoms with E-state index in [1.807, 2.05) is 35.1 Å². The fourth-order valence-corrected chi connectivity index (χ4v) is 5.82. The molecule has 1 aliphatic carbocycles. The highest BCUT2D eigenvalue weighted by Crippen LogP contribution is 2.39. The summed E-state index contributed by atoms with van der Waals surface area (Å²) < 4.78 is 7.70. The number of likely N-dealkylation sites (N-methyl/N-ethyl adjacent to an activating group) is 1. The van der Waals surface area contributed by atoms with Crippen LogP contribution in [0.1, 0.15) is 30.0 Å². The number of hydrogen-bond donors (Lipinski definition) is 1. The summed E-state index contributed by atoms with van der Waals surface area (Å²) in [6, 6.07) is 8.70. The van der Waals surface area contributed by atoms with Crippen molar-refractivity contribution in [2.75, 3.05) is 33.8 Å². The van der Waals surface area contributed by atoms with Gasteiger partial charge in [-0.25, -0.2) is 4.98 Å². The number of amides is 1. The molecule has 9 heteroatoms. The van der Waals surface area contributed by atoms with E-state index >= 15 is 0 Å². The van der Waals surface area contributed by atoms with Gasteiger partial charge in [-0.05, 0) is 43.9 Å². The molecule has 1 atom stereocenters. The zero-order valence-corrected chi connectivity index (χ0v) is 20.6. The molecule has 184 valence electrons. The Morgan fingerprint density at radius 1 is 1.19 bits per heavy atom. The summed E-state index contributed by atoms with van der Waals surface area (Å²) in [7, 11) is 3.70. The highest BCUT2D eigenvalue weighted by molar-refractivity contribution is 5.93. The van der Waals surface area contributed by atoms with Crippen molar-refractivity contribution < 1.29 is 9.53 Å². The van der Waals surface area contributed by atoms with Crippen LogP contribution in [0.5, 0.6) is 5.75 Å². The molecule has 0 saturated carbocycles. The molecular formula is C27H29N7O2. The van der Waals surface area contributed by atoms with E-state index in [0.29, 0.717) is 13.1 Å². The van der Waals surface area contributed by atoms with Crippen LogP contribution in [0.15, 0.2) is 36.7 Å². The molecule has 2 aliphatic heterocycles. The molecule has 7 rings (SSSR count). The van der Waals surface area contributed by atoms with Crippen molar-refractivity contribution in [3.8, 4) is 28.3 Å². The maximum atomic E-state index is 12.6. The van der Waals surface area contributed by atoms with Gasteiger partial charge in [-0.3, -0.25) is 19.5 Å². The third kappa shape index (κ3) is 3.26. The minimum absolute atomic E-state index is 0.0534. The number of H-pyrrole nitrogens is 1. The summed E-state index contributed by atoms with van der Waals surface area (Å²) in [5, 5.41) is 12.3. The fourth-order valence-electron chi connectivity index (χ4n) is 5.82. The van der Waals surface area contributed by atoms with Gasteiger partial charge >= 0.3 is 0 Å². The second-order valence-corrected chi connectivity index (χ2v) is 10.2. The Morgan fingerprint density at radius 3 is 2.86 bits per heavy atom. The third-order valence-corrected chi connectivity index (χ3v) is 8.12. The SMILES string of the molecule is COc1cc2[nH]nc(-c3cnn(C4CN(C(=O)C5CCN5C)C4)c3)c2nc1-c1cccc2c1CCC2. The number of aromatic nitrogens is 5. The largest absolute Gasteiger partial charge is 0.494 e. The Bertz CT molecular complexity index is 1480. The van der Waals surface area contributed by atoms with E-state index < -0.39 is 0 Å². The van der Waals surface area contributed by atoms with Crippen molar-refractivity contribution in [1.29, 1.82) is 0 Å². The van der Waals surface area contributed by atoms with Crippen LogP contribution in [-0.2, 0) is 17.6 Å². The molecule has 1 aromatic carbocycles. The molecule has 36 heavy (non-hydrogen) atoms. The first-order chi connectivity index (χ1) is 17.6. The minimum Gasteiger partial charge on any atom is -0.494 e. The number of likely N-dealkylation sites (tertiary alicyclic amines) is 2. The number of ether oxygens (including phenoxy) is 1. The Labute approximate surface area is 209 Å². The molecule has 4 aromatic rings. The number of nitrogens with zero attached hydrogens (tertiary/aromatic N) is 6. The van der Waals surface area contributed by atoms with E-state index in [1.54, 1.807) is 7.11 Å². The molecule has 0 radical (unpaired) electrons. The van der Waals surface area contributed by atoms with Gasteiger partial charge < -0.3 is 9.64 Å². The first-order valence-corrected chi connectivity index (χ1v) is 12.7. The van der Waals surface area contributed by atoms with Gasteiger partial charge in [0.1, 0.15) is 22.7 Å². The van der Waals surface area contributed by atoms with Crippen LogP contribution >= 0.6 is 0 Å². The molecule has 2 saturated heterocycles. The van der Waals surface area contributed by atoms with Crippen molar-refractivity contribution in [3.05, 3.63) is 47.8 Å². The van der Waals surface area contributed by atoms with Crippen molar-refractivity contribution in [2.45, 2.75) is 37.8 Å².